The summed E-state index contributed by atoms with van der Waals surface area (Å²) < 4.78 is 0. The van der Waals surface area contributed by atoms with Crippen LogP contribution in [0.5, 0.6) is 0 Å². The number of nitrogens with zero attached hydrogens (tertiary/aromatic N) is 1. The fourth-order valence-corrected chi connectivity index (χ4v) is 2.55. The van der Waals surface area contributed by atoms with Crippen molar-refractivity contribution >= 4 is 23.1 Å². The van der Waals surface area contributed by atoms with E-state index in [9.17, 15) is 9.90 Å². The number of amides is 1. The van der Waals surface area contributed by atoms with E-state index in [1.165, 1.54) is 0 Å². The second-order valence-electron chi connectivity index (χ2n) is 5.24. The molecule has 1 fully saturated rings. The molecule has 1 rings (SSSR count). The van der Waals surface area contributed by atoms with Crippen molar-refractivity contribution in [1.29, 1.82) is 0 Å². The third-order valence-corrected chi connectivity index (χ3v) is 3.72. The first-order valence-electron chi connectivity index (χ1n) is 6.10. The SMILES string of the molecule is CC(C)C(C(=O)N1CCC(C)C(O)C1)C(N)=S. The molecule has 0 spiro atoms. The van der Waals surface area contributed by atoms with Gasteiger partial charge in [-0.05, 0) is 18.3 Å². The second kappa shape index (κ2) is 5.78. The minimum Gasteiger partial charge on any atom is -0.393 e. The highest BCUT2D eigenvalue weighted by atomic mass is 32.1. The maximum atomic E-state index is 12.3. The van der Waals surface area contributed by atoms with E-state index in [0.717, 1.165) is 6.42 Å². The number of aliphatic hydroxyl groups is 1. The van der Waals surface area contributed by atoms with Crippen LogP contribution >= 0.6 is 12.2 Å². The van der Waals surface area contributed by atoms with E-state index in [2.05, 4.69) is 0 Å². The van der Waals surface area contributed by atoms with Gasteiger partial charge < -0.3 is 15.7 Å². The molecular weight excluding hydrogens is 236 g/mol. The summed E-state index contributed by atoms with van der Waals surface area (Å²) >= 11 is 4.96. The summed E-state index contributed by atoms with van der Waals surface area (Å²) in [6.07, 6.45) is 0.390. The number of hydrogen-bond acceptors (Lipinski definition) is 3. The van der Waals surface area contributed by atoms with Gasteiger partial charge in [0.15, 0.2) is 0 Å². The summed E-state index contributed by atoms with van der Waals surface area (Å²) in [7, 11) is 0. The van der Waals surface area contributed by atoms with Crippen LogP contribution in [0.2, 0.25) is 0 Å². The van der Waals surface area contributed by atoms with Crippen LogP contribution in [0.1, 0.15) is 27.2 Å². The molecule has 1 saturated heterocycles. The van der Waals surface area contributed by atoms with Gasteiger partial charge in [-0.15, -0.1) is 0 Å². The lowest BCUT2D eigenvalue weighted by molar-refractivity contribution is -0.138. The second-order valence-corrected chi connectivity index (χ2v) is 5.71. The van der Waals surface area contributed by atoms with Crippen molar-refractivity contribution in [3.05, 3.63) is 0 Å². The standard InChI is InChI=1S/C12H22N2O2S/c1-7(2)10(11(13)17)12(16)14-5-4-8(3)9(15)6-14/h7-10,15H,4-6H2,1-3H3,(H2,13,17). The minimum absolute atomic E-state index is 0.0431. The lowest BCUT2D eigenvalue weighted by atomic mass is 9.91. The van der Waals surface area contributed by atoms with E-state index in [1.54, 1.807) is 4.90 Å². The molecule has 17 heavy (non-hydrogen) atoms. The smallest absolute Gasteiger partial charge is 0.232 e. The topological polar surface area (TPSA) is 66.6 Å². The molecule has 98 valence electrons. The summed E-state index contributed by atoms with van der Waals surface area (Å²) in [5.41, 5.74) is 5.63. The number of thiocarbonyl (C=S) groups is 1. The average molecular weight is 258 g/mol. The Kier molecular flexibility index (Phi) is 4.89. The molecule has 0 bridgehead atoms. The first kappa shape index (κ1) is 14.4. The van der Waals surface area contributed by atoms with Gasteiger partial charge in [0.1, 0.15) is 0 Å². The molecule has 1 heterocycles. The van der Waals surface area contributed by atoms with Crippen LogP contribution in [0.3, 0.4) is 0 Å². The van der Waals surface area contributed by atoms with Crippen molar-refractivity contribution in [1.82, 2.24) is 4.90 Å². The van der Waals surface area contributed by atoms with Crippen LogP contribution in [-0.4, -0.2) is 40.1 Å². The number of rotatable bonds is 3. The molecule has 1 aliphatic heterocycles. The number of β-amino-alcohol motifs (C(OH)–C–C–N with tert-alkyl or cyclic N) is 1. The molecule has 1 aliphatic rings. The summed E-state index contributed by atoms with van der Waals surface area (Å²) in [4.78, 5) is 14.2. The number of carbonyl (C=O) groups excluding carboxylic acids is 1. The molecular formula is C12H22N2O2S. The van der Waals surface area contributed by atoms with E-state index < -0.39 is 12.0 Å². The molecule has 1 amide bonds. The van der Waals surface area contributed by atoms with E-state index in [-0.39, 0.29) is 22.7 Å². The zero-order chi connectivity index (χ0) is 13.2. The van der Waals surface area contributed by atoms with Crippen molar-refractivity contribution in [2.75, 3.05) is 13.1 Å². The molecule has 0 saturated carbocycles. The quantitative estimate of drug-likeness (QED) is 0.734. The predicted molar refractivity (Wildman–Crippen MR) is 71.5 cm³/mol. The lowest BCUT2D eigenvalue weighted by Gasteiger charge is -2.36. The van der Waals surface area contributed by atoms with Crippen LogP contribution in [0.4, 0.5) is 0 Å². The molecule has 3 unspecified atom stereocenters. The normalized spacial score (nSPS) is 27.0. The third-order valence-electron chi connectivity index (χ3n) is 3.47. The monoisotopic (exact) mass is 258 g/mol. The Balaban J connectivity index is 2.72. The zero-order valence-electron chi connectivity index (χ0n) is 10.7. The molecule has 3 atom stereocenters. The number of hydrogen-bond donors (Lipinski definition) is 2. The van der Waals surface area contributed by atoms with Crippen LogP contribution < -0.4 is 5.73 Å². The molecule has 4 nitrogen and oxygen atoms in total. The molecule has 0 aliphatic carbocycles. The van der Waals surface area contributed by atoms with Crippen molar-refractivity contribution in [3.8, 4) is 0 Å². The number of likely N-dealkylation sites (tertiary alicyclic amines) is 1. The first-order valence-corrected chi connectivity index (χ1v) is 6.51. The van der Waals surface area contributed by atoms with E-state index in [4.69, 9.17) is 18.0 Å². The van der Waals surface area contributed by atoms with Gasteiger partial charge in [0.05, 0.1) is 17.0 Å². The molecule has 5 heteroatoms. The number of nitrogens with two attached hydrogens (primary N) is 1. The Morgan fingerprint density at radius 1 is 1.53 bits per heavy atom. The minimum atomic E-state index is -0.438. The highest BCUT2D eigenvalue weighted by Gasteiger charge is 2.33. The highest BCUT2D eigenvalue weighted by Crippen LogP contribution is 2.21. The summed E-state index contributed by atoms with van der Waals surface area (Å²) in [5, 5.41) is 9.80. The van der Waals surface area contributed by atoms with Crippen LogP contribution in [-0.2, 0) is 4.79 Å². The molecule has 0 aromatic heterocycles. The van der Waals surface area contributed by atoms with Gasteiger partial charge in [-0.3, -0.25) is 4.79 Å². The Morgan fingerprint density at radius 2 is 2.12 bits per heavy atom. The van der Waals surface area contributed by atoms with Gasteiger partial charge >= 0.3 is 0 Å². The van der Waals surface area contributed by atoms with Gasteiger partial charge in [0.2, 0.25) is 5.91 Å². The average Bonchev–Trinajstić information content (AvgIpc) is 2.20. The number of aliphatic hydroxyl groups excluding tert-OH is 1. The van der Waals surface area contributed by atoms with Crippen molar-refractivity contribution in [3.63, 3.8) is 0 Å². The highest BCUT2D eigenvalue weighted by molar-refractivity contribution is 7.80. The maximum Gasteiger partial charge on any atom is 0.232 e. The van der Waals surface area contributed by atoms with Crippen molar-refractivity contribution < 1.29 is 9.90 Å². The Bertz CT molecular complexity index is 307. The molecule has 0 aromatic carbocycles. The van der Waals surface area contributed by atoms with E-state index in [1.807, 2.05) is 20.8 Å². The van der Waals surface area contributed by atoms with Crippen LogP contribution in [0.25, 0.3) is 0 Å². The number of carbonyl (C=O) groups is 1. The summed E-state index contributed by atoms with van der Waals surface area (Å²) in [6.45, 7) is 6.95. The maximum absolute atomic E-state index is 12.3. The van der Waals surface area contributed by atoms with Gasteiger partial charge in [0.25, 0.3) is 0 Å². The largest absolute Gasteiger partial charge is 0.393 e. The zero-order valence-corrected chi connectivity index (χ0v) is 11.5. The van der Waals surface area contributed by atoms with Crippen molar-refractivity contribution in [2.24, 2.45) is 23.5 Å². The van der Waals surface area contributed by atoms with E-state index >= 15 is 0 Å². The summed E-state index contributed by atoms with van der Waals surface area (Å²) in [6, 6.07) is 0. The van der Waals surface area contributed by atoms with Gasteiger partial charge in [0, 0.05) is 13.1 Å². The van der Waals surface area contributed by atoms with Gasteiger partial charge in [-0.1, -0.05) is 33.0 Å². The fraction of sp³-hybridized carbons (Fsp3) is 0.833. The molecule has 0 aromatic rings. The summed E-state index contributed by atoms with van der Waals surface area (Å²) in [5.74, 6) is -0.109. The Hall–Kier alpha value is -0.680. The molecule has 3 N–H and O–H groups in total. The van der Waals surface area contributed by atoms with Gasteiger partial charge in [-0.25, -0.2) is 0 Å². The Labute approximate surface area is 108 Å². The predicted octanol–water partition coefficient (Wildman–Crippen LogP) is 0.774. The van der Waals surface area contributed by atoms with E-state index in [0.29, 0.717) is 13.1 Å². The number of piperidine rings is 1. The van der Waals surface area contributed by atoms with Crippen molar-refractivity contribution in [2.45, 2.75) is 33.3 Å². The lowest BCUT2D eigenvalue weighted by Crippen LogP contribution is -2.50. The van der Waals surface area contributed by atoms with Gasteiger partial charge in [-0.2, -0.15) is 0 Å². The third kappa shape index (κ3) is 3.39. The Morgan fingerprint density at radius 3 is 2.53 bits per heavy atom. The van der Waals surface area contributed by atoms with Crippen LogP contribution in [0, 0.1) is 17.8 Å². The first-order chi connectivity index (χ1) is 7.84. The fourth-order valence-electron chi connectivity index (χ4n) is 2.18. The van der Waals surface area contributed by atoms with Crippen LogP contribution in [0.15, 0.2) is 0 Å². The molecule has 0 radical (unpaired) electrons.